The van der Waals surface area contributed by atoms with E-state index in [0.717, 1.165) is 22.9 Å². The van der Waals surface area contributed by atoms with Gasteiger partial charge in [-0.1, -0.05) is 69.3 Å². The van der Waals surface area contributed by atoms with Crippen LogP contribution in [0.3, 0.4) is 0 Å². The van der Waals surface area contributed by atoms with E-state index in [0.29, 0.717) is 17.9 Å². The summed E-state index contributed by atoms with van der Waals surface area (Å²) >= 11 is 0. The van der Waals surface area contributed by atoms with E-state index in [2.05, 4.69) is 30.8 Å². The highest BCUT2D eigenvalue weighted by Crippen LogP contribution is 2.30. The maximum absolute atomic E-state index is 14.4. The molecule has 1 amide bonds. The standard InChI is InChI=1S/C28H33FN2O4S/c1-19(21-12-14-25(24(29)15-21)31-36(5,33)34)27(32)30-17-22-11-13-23(28(2,3)4)16-26(22)35-18-20-9-7-6-8-10-20/h6-16,19,31H,17-18H2,1-5H3,(H,30,32). The van der Waals surface area contributed by atoms with Gasteiger partial charge in [0, 0.05) is 12.1 Å². The first kappa shape index (κ1) is 27.2. The van der Waals surface area contributed by atoms with Gasteiger partial charge in [0.1, 0.15) is 18.2 Å². The molecule has 0 aliphatic heterocycles. The summed E-state index contributed by atoms with van der Waals surface area (Å²) in [6.45, 7) is 8.70. The molecule has 0 saturated heterocycles. The number of amides is 1. The Labute approximate surface area is 212 Å². The van der Waals surface area contributed by atoms with Gasteiger partial charge in [0.15, 0.2) is 0 Å². The molecule has 3 aromatic rings. The summed E-state index contributed by atoms with van der Waals surface area (Å²) in [6.07, 6.45) is 0.947. The third-order valence-electron chi connectivity index (χ3n) is 5.81. The first-order valence-corrected chi connectivity index (χ1v) is 13.6. The van der Waals surface area contributed by atoms with Crippen LogP contribution < -0.4 is 14.8 Å². The Bertz CT molecular complexity index is 1320. The Kier molecular flexibility index (Phi) is 8.40. The molecule has 1 unspecified atom stereocenters. The topological polar surface area (TPSA) is 84.5 Å². The van der Waals surface area contributed by atoms with Gasteiger partial charge in [-0.25, -0.2) is 12.8 Å². The van der Waals surface area contributed by atoms with Crippen LogP contribution in [0.25, 0.3) is 0 Å². The van der Waals surface area contributed by atoms with E-state index >= 15 is 0 Å². The molecule has 0 radical (unpaired) electrons. The molecule has 1 atom stereocenters. The van der Waals surface area contributed by atoms with Crippen LogP contribution in [-0.2, 0) is 33.4 Å². The van der Waals surface area contributed by atoms with Crippen molar-refractivity contribution in [3.8, 4) is 5.75 Å². The summed E-state index contributed by atoms with van der Waals surface area (Å²) in [4.78, 5) is 12.9. The fourth-order valence-corrected chi connectivity index (χ4v) is 4.17. The highest BCUT2D eigenvalue weighted by molar-refractivity contribution is 7.92. The number of ether oxygens (including phenoxy) is 1. The number of anilines is 1. The number of nitrogens with one attached hydrogen (secondary N) is 2. The van der Waals surface area contributed by atoms with Crippen LogP contribution >= 0.6 is 0 Å². The summed E-state index contributed by atoms with van der Waals surface area (Å²) < 4.78 is 45.4. The largest absolute Gasteiger partial charge is 0.489 e. The average Bonchev–Trinajstić information content (AvgIpc) is 2.81. The first-order chi connectivity index (χ1) is 16.8. The molecule has 0 bridgehead atoms. The van der Waals surface area contributed by atoms with Gasteiger partial charge in [-0.3, -0.25) is 9.52 Å². The van der Waals surface area contributed by atoms with E-state index in [1.165, 1.54) is 18.2 Å². The smallest absolute Gasteiger partial charge is 0.229 e. The van der Waals surface area contributed by atoms with Crippen LogP contribution in [0.4, 0.5) is 10.1 Å². The average molecular weight is 513 g/mol. The monoisotopic (exact) mass is 512 g/mol. The second-order valence-corrected chi connectivity index (χ2v) is 11.6. The molecule has 2 N–H and O–H groups in total. The molecule has 0 aromatic heterocycles. The maximum atomic E-state index is 14.4. The van der Waals surface area contributed by atoms with Crippen molar-refractivity contribution in [2.75, 3.05) is 11.0 Å². The molecule has 0 aliphatic carbocycles. The second kappa shape index (κ2) is 11.1. The van der Waals surface area contributed by atoms with Crippen LogP contribution in [0.15, 0.2) is 66.7 Å². The van der Waals surface area contributed by atoms with E-state index < -0.39 is 21.8 Å². The normalized spacial score (nSPS) is 12.6. The number of benzene rings is 3. The Morgan fingerprint density at radius 2 is 1.72 bits per heavy atom. The predicted molar refractivity (Wildman–Crippen MR) is 141 cm³/mol. The molecule has 3 rings (SSSR count). The van der Waals surface area contributed by atoms with E-state index in [1.54, 1.807) is 6.92 Å². The van der Waals surface area contributed by atoms with Crippen LogP contribution in [0.5, 0.6) is 5.75 Å². The lowest BCUT2D eigenvalue weighted by atomic mass is 9.86. The molecule has 0 spiro atoms. The Morgan fingerprint density at radius 3 is 2.33 bits per heavy atom. The van der Waals surface area contributed by atoms with Crippen molar-refractivity contribution in [2.24, 2.45) is 0 Å². The molecular weight excluding hydrogens is 479 g/mol. The minimum absolute atomic E-state index is 0.0661. The van der Waals surface area contributed by atoms with Crippen molar-refractivity contribution in [2.45, 2.75) is 52.2 Å². The van der Waals surface area contributed by atoms with E-state index in [4.69, 9.17) is 4.74 Å². The minimum atomic E-state index is -3.61. The lowest BCUT2D eigenvalue weighted by Gasteiger charge is -2.22. The van der Waals surface area contributed by atoms with Crippen LogP contribution in [0, 0.1) is 5.82 Å². The van der Waals surface area contributed by atoms with Gasteiger partial charge in [-0.05, 0) is 47.2 Å². The summed E-state index contributed by atoms with van der Waals surface area (Å²) in [5.41, 5.74) is 3.20. The number of hydrogen-bond donors (Lipinski definition) is 2. The second-order valence-electron chi connectivity index (χ2n) is 9.90. The van der Waals surface area contributed by atoms with Gasteiger partial charge >= 0.3 is 0 Å². The molecule has 0 heterocycles. The van der Waals surface area contributed by atoms with E-state index in [-0.39, 0.29) is 23.6 Å². The fourth-order valence-electron chi connectivity index (χ4n) is 3.61. The molecule has 0 aliphatic rings. The number of hydrogen-bond acceptors (Lipinski definition) is 4. The maximum Gasteiger partial charge on any atom is 0.229 e. The van der Waals surface area contributed by atoms with Gasteiger partial charge in [-0.15, -0.1) is 0 Å². The number of carbonyl (C=O) groups excluding carboxylic acids is 1. The number of halogens is 1. The minimum Gasteiger partial charge on any atom is -0.489 e. The highest BCUT2D eigenvalue weighted by Gasteiger charge is 2.20. The van der Waals surface area contributed by atoms with Crippen molar-refractivity contribution in [1.29, 1.82) is 0 Å². The van der Waals surface area contributed by atoms with Crippen molar-refractivity contribution in [1.82, 2.24) is 5.32 Å². The molecule has 36 heavy (non-hydrogen) atoms. The summed E-state index contributed by atoms with van der Waals surface area (Å²) in [6, 6.07) is 19.9. The number of rotatable bonds is 9. The third-order valence-corrected chi connectivity index (χ3v) is 6.40. The first-order valence-electron chi connectivity index (χ1n) is 11.7. The summed E-state index contributed by atoms with van der Waals surface area (Å²) in [5.74, 6) is -0.977. The zero-order valence-electron chi connectivity index (χ0n) is 21.3. The Balaban J connectivity index is 1.73. The Hall–Kier alpha value is -3.39. The molecule has 0 fully saturated rings. The van der Waals surface area contributed by atoms with E-state index in [9.17, 15) is 17.6 Å². The van der Waals surface area contributed by atoms with Crippen molar-refractivity contribution < 1.29 is 22.3 Å². The molecule has 8 heteroatoms. The summed E-state index contributed by atoms with van der Waals surface area (Å²) in [5, 5.41) is 2.91. The van der Waals surface area contributed by atoms with E-state index in [1.807, 2.05) is 48.5 Å². The zero-order chi connectivity index (χ0) is 26.5. The Morgan fingerprint density at radius 1 is 1.03 bits per heavy atom. The van der Waals surface area contributed by atoms with Gasteiger partial charge in [0.25, 0.3) is 0 Å². The number of carbonyl (C=O) groups is 1. The molecule has 192 valence electrons. The SMILES string of the molecule is CC(C(=O)NCc1ccc(C(C)(C)C)cc1OCc1ccccc1)c1ccc(NS(C)(=O)=O)c(F)c1. The molecule has 3 aromatic carbocycles. The third kappa shape index (κ3) is 7.55. The molecule has 6 nitrogen and oxygen atoms in total. The van der Waals surface area contributed by atoms with Crippen molar-refractivity contribution in [3.05, 3.63) is 94.8 Å². The number of sulfonamides is 1. The van der Waals surface area contributed by atoms with Crippen molar-refractivity contribution in [3.63, 3.8) is 0 Å². The van der Waals surface area contributed by atoms with Gasteiger partial charge < -0.3 is 10.1 Å². The van der Waals surface area contributed by atoms with Crippen LogP contribution in [0.2, 0.25) is 0 Å². The lowest BCUT2D eigenvalue weighted by Crippen LogP contribution is -2.28. The predicted octanol–water partition coefficient (Wildman–Crippen LogP) is 5.49. The molecular formula is C28H33FN2O4S. The molecule has 0 saturated carbocycles. The highest BCUT2D eigenvalue weighted by atomic mass is 32.2. The quantitative estimate of drug-likeness (QED) is 0.397. The van der Waals surface area contributed by atoms with Gasteiger partial charge in [-0.2, -0.15) is 0 Å². The lowest BCUT2D eigenvalue weighted by molar-refractivity contribution is -0.122. The summed E-state index contributed by atoms with van der Waals surface area (Å²) in [7, 11) is -3.61. The fraction of sp³-hybridized carbons (Fsp3) is 0.321. The zero-order valence-corrected chi connectivity index (χ0v) is 22.1. The van der Waals surface area contributed by atoms with Crippen molar-refractivity contribution >= 4 is 21.6 Å². The van der Waals surface area contributed by atoms with Gasteiger partial charge in [0.2, 0.25) is 15.9 Å². The van der Waals surface area contributed by atoms with Crippen LogP contribution in [-0.4, -0.2) is 20.6 Å². The van der Waals surface area contributed by atoms with Gasteiger partial charge in [0.05, 0.1) is 17.9 Å². The van der Waals surface area contributed by atoms with Crippen LogP contribution in [0.1, 0.15) is 55.9 Å².